The number of ether oxygens (including phenoxy) is 1. The van der Waals surface area contributed by atoms with Crippen molar-refractivity contribution in [1.29, 1.82) is 0 Å². The highest BCUT2D eigenvalue weighted by Gasteiger charge is 2.20. The first-order chi connectivity index (χ1) is 9.46. The van der Waals surface area contributed by atoms with E-state index in [9.17, 15) is 4.79 Å². The average molecular weight is 269 g/mol. The molecule has 1 N–H and O–H groups in total. The summed E-state index contributed by atoms with van der Waals surface area (Å²) >= 11 is 0. The summed E-state index contributed by atoms with van der Waals surface area (Å²) in [5.41, 5.74) is 1.89. The highest BCUT2D eigenvalue weighted by atomic mass is 16.6. The van der Waals surface area contributed by atoms with Gasteiger partial charge in [0, 0.05) is 6.20 Å². The van der Waals surface area contributed by atoms with Crippen molar-refractivity contribution in [3.05, 3.63) is 59.4 Å². The van der Waals surface area contributed by atoms with Crippen LogP contribution in [0.25, 0.3) is 12.2 Å². The molecule has 0 spiro atoms. The summed E-state index contributed by atoms with van der Waals surface area (Å²) in [5.74, 6) is -0.313. The number of rotatable bonds is 3. The zero-order valence-electron chi connectivity index (χ0n) is 12.0. The monoisotopic (exact) mass is 269 g/mol. The lowest BCUT2D eigenvalue weighted by Crippen LogP contribution is -2.24. The molecule has 0 saturated carbocycles. The molecule has 1 heterocycles. The topological polar surface area (TPSA) is 42.1 Å². The average Bonchev–Trinajstić information content (AvgIpc) is 2.84. The van der Waals surface area contributed by atoms with E-state index in [1.807, 2.05) is 63.3 Å². The Hall–Kier alpha value is -2.29. The van der Waals surface area contributed by atoms with Crippen molar-refractivity contribution in [1.82, 2.24) is 4.98 Å². The summed E-state index contributed by atoms with van der Waals surface area (Å²) in [6.07, 6.45) is 5.58. The van der Waals surface area contributed by atoms with E-state index in [1.54, 1.807) is 12.3 Å². The lowest BCUT2D eigenvalue weighted by Gasteiger charge is -2.19. The maximum absolute atomic E-state index is 12.1. The number of benzene rings is 1. The maximum atomic E-state index is 12.1. The minimum atomic E-state index is -0.491. The Labute approximate surface area is 119 Å². The van der Waals surface area contributed by atoms with E-state index in [4.69, 9.17) is 4.74 Å². The molecule has 20 heavy (non-hydrogen) atoms. The first kappa shape index (κ1) is 14.1. The minimum Gasteiger partial charge on any atom is -0.456 e. The molecule has 1 aromatic carbocycles. The van der Waals surface area contributed by atoms with Gasteiger partial charge in [-0.1, -0.05) is 36.4 Å². The van der Waals surface area contributed by atoms with Crippen molar-refractivity contribution in [2.75, 3.05) is 0 Å². The second-order valence-corrected chi connectivity index (χ2v) is 5.55. The van der Waals surface area contributed by atoms with Gasteiger partial charge in [0.15, 0.2) is 0 Å². The number of hydrogen-bond acceptors (Lipinski definition) is 2. The summed E-state index contributed by atoms with van der Waals surface area (Å²) in [6, 6.07) is 11.7. The Balaban J connectivity index is 2.17. The smallest absolute Gasteiger partial charge is 0.340 e. The SMILES string of the molecule is CC(C)(C)OC(=O)c1cc[nH]c1C=Cc1ccccc1. The second kappa shape index (κ2) is 5.78. The molecule has 1 aromatic heterocycles. The van der Waals surface area contributed by atoms with Crippen LogP contribution in [0.15, 0.2) is 42.6 Å². The van der Waals surface area contributed by atoms with Gasteiger partial charge in [-0.3, -0.25) is 0 Å². The van der Waals surface area contributed by atoms with Crippen LogP contribution in [0, 0.1) is 0 Å². The zero-order chi connectivity index (χ0) is 14.6. The molecule has 104 valence electrons. The van der Waals surface area contributed by atoms with Crippen LogP contribution in [-0.4, -0.2) is 16.6 Å². The van der Waals surface area contributed by atoms with E-state index in [0.717, 1.165) is 11.3 Å². The van der Waals surface area contributed by atoms with E-state index in [-0.39, 0.29) is 5.97 Å². The second-order valence-electron chi connectivity index (χ2n) is 5.55. The van der Waals surface area contributed by atoms with Gasteiger partial charge in [-0.15, -0.1) is 0 Å². The molecule has 0 fully saturated rings. The Morgan fingerprint density at radius 3 is 2.45 bits per heavy atom. The lowest BCUT2D eigenvalue weighted by atomic mass is 10.1. The van der Waals surface area contributed by atoms with Gasteiger partial charge in [0.2, 0.25) is 0 Å². The molecule has 0 aliphatic heterocycles. The van der Waals surface area contributed by atoms with Crippen LogP contribution in [0.3, 0.4) is 0 Å². The third kappa shape index (κ3) is 3.85. The van der Waals surface area contributed by atoms with Gasteiger partial charge >= 0.3 is 5.97 Å². The summed E-state index contributed by atoms with van der Waals surface area (Å²) in [4.78, 5) is 15.1. The van der Waals surface area contributed by atoms with E-state index >= 15 is 0 Å². The van der Waals surface area contributed by atoms with Crippen molar-refractivity contribution < 1.29 is 9.53 Å². The third-order valence-corrected chi connectivity index (χ3v) is 2.64. The number of aromatic nitrogens is 1. The van der Waals surface area contributed by atoms with Gasteiger partial charge in [-0.25, -0.2) is 4.79 Å². The van der Waals surface area contributed by atoms with Crippen LogP contribution in [0.2, 0.25) is 0 Å². The van der Waals surface area contributed by atoms with Crippen molar-refractivity contribution in [2.24, 2.45) is 0 Å². The molecule has 3 heteroatoms. The Morgan fingerprint density at radius 2 is 1.80 bits per heavy atom. The molecule has 0 saturated heterocycles. The highest BCUT2D eigenvalue weighted by molar-refractivity contribution is 5.94. The van der Waals surface area contributed by atoms with E-state index in [2.05, 4.69) is 4.98 Å². The first-order valence-electron chi connectivity index (χ1n) is 6.59. The fourth-order valence-corrected chi connectivity index (χ4v) is 1.77. The number of hydrogen-bond donors (Lipinski definition) is 1. The van der Waals surface area contributed by atoms with E-state index in [0.29, 0.717) is 5.56 Å². The number of carbonyl (C=O) groups excluding carboxylic acids is 1. The Morgan fingerprint density at radius 1 is 1.10 bits per heavy atom. The van der Waals surface area contributed by atoms with Crippen LogP contribution in [0.4, 0.5) is 0 Å². The summed E-state index contributed by atoms with van der Waals surface area (Å²) in [7, 11) is 0. The molecule has 2 rings (SSSR count). The molecule has 0 amide bonds. The molecule has 0 aliphatic carbocycles. The van der Waals surface area contributed by atoms with Gasteiger partial charge in [0.05, 0.1) is 11.3 Å². The number of nitrogens with one attached hydrogen (secondary N) is 1. The Kier molecular flexibility index (Phi) is 4.08. The predicted octanol–water partition coefficient (Wildman–Crippen LogP) is 4.14. The molecular formula is C17H19NO2. The minimum absolute atomic E-state index is 0.313. The lowest BCUT2D eigenvalue weighted by molar-refractivity contribution is 0.00696. The number of H-pyrrole nitrogens is 1. The van der Waals surface area contributed by atoms with Crippen molar-refractivity contribution in [3.63, 3.8) is 0 Å². The highest BCUT2D eigenvalue weighted by Crippen LogP contribution is 2.16. The molecular weight excluding hydrogens is 250 g/mol. The quantitative estimate of drug-likeness (QED) is 0.851. The van der Waals surface area contributed by atoms with Gasteiger partial charge in [0.25, 0.3) is 0 Å². The van der Waals surface area contributed by atoms with Gasteiger partial charge in [-0.2, -0.15) is 0 Å². The summed E-state index contributed by atoms with van der Waals surface area (Å²) < 4.78 is 5.38. The van der Waals surface area contributed by atoms with Gasteiger partial charge in [-0.05, 0) is 38.5 Å². The van der Waals surface area contributed by atoms with Gasteiger partial charge in [0.1, 0.15) is 5.60 Å². The maximum Gasteiger partial charge on any atom is 0.340 e. The van der Waals surface area contributed by atoms with Crippen LogP contribution in [0.5, 0.6) is 0 Å². The van der Waals surface area contributed by atoms with Gasteiger partial charge < -0.3 is 9.72 Å². The molecule has 0 radical (unpaired) electrons. The standard InChI is InChI=1S/C17H19NO2/c1-17(2,3)20-16(19)14-11-12-18-15(14)10-9-13-7-5-4-6-8-13/h4-12,18H,1-3H3. The first-order valence-corrected chi connectivity index (χ1v) is 6.59. The molecule has 3 nitrogen and oxygen atoms in total. The number of esters is 1. The van der Waals surface area contributed by atoms with Crippen LogP contribution in [-0.2, 0) is 4.74 Å². The molecule has 2 aromatic rings. The molecule has 0 aliphatic rings. The van der Waals surface area contributed by atoms with Crippen molar-refractivity contribution in [2.45, 2.75) is 26.4 Å². The van der Waals surface area contributed by atoms with E-state index in [1.165, 1.54) is 0 Å². The molecule has 0 unspecified atom stereocenters. The largest absolute Gasteiger partial charge is 0.456 e. The zero-order valence-corrected chi connectivity index (χ0v) is 12.0. The fourth-order valence-electron chi connectivity index (χ4n) is 1.77. The summed E-state index contributed by atoms with van der Waals surface area (Å²) in [6.45, 7) is 5.57. The fraction of sp³-hybridized carbons (Fsp3) is 0.235. The van der Waals surface area contributed by atoms with E-state index < -0.39 is 5.60 Å². The molecule has 0 bridgehead atoms. The van der Waals surface area contributed by atoms with Crippen LogP contribution < -0.4 is 0 Å². The normalized spacial score (nSPS) is 11.8. The Bertz CT molecular complexity index is 603. The predicted molar refractivity (Wildman–Crippen MR) is 81.3 cm³/mol. The van der Waals surface area contributed by atoms with Crippen LogP contribution in [0.1, 0.15) is 42.4 Å². The number of carbonyl (C=O) groups is 1. The van der Waals surface area contributed by atoms with Crippen molar-refractivity contribution in [3.8, 4) is 0 Å². The number of aromatic amines is 1. The molecule has 0 atom stereocenters. The summed E-state index contributed by atoms with van der Waals surface area (Å²) in [5, 5.41) is 0. The van der Waals surface area contributed by atoms with Crippen LogP contribution >= 0.6 is 0 Å². The van der Waals surface area contributed by atoms with Crippen molar-refractivity contribution >= 4 is 18.1 Å². The third-order valence-electron chi connectivity index (χ3n) is 2.64.